The second-order valence-corrected chi connectivity index (χ2v) is 5.19. The lowest BCUT2D eigenvalue weighted by molar-refractivity contribution is 0.0672. The van der Waals surface area contributed by atoms with E-state index in [0.29, 0.717) is 5.95 Å². The molecule has 0 saturated heterocycles. The Balaban J connectivity index is 1.86. The number of aliphatic hydroxyl groups excluding tert-OH is 1. The molecule has 1 aromatic heterocycles. The molecule has 1 aliphatic carbocycles. The number of benzene rings is 1. The molecular formula is C15H19N3O2. The van der Waals surface area contributed by atoms with Gasteiger partial charge in [-0.05, 0) is 31.7 Å². The second-order valence-electron chi connectivity index (χ2n) is 5.19. The number of rotatable bonds is 3. The number of hydrogen-bond donors (Lipinski definition) is 2. The van der Waals surface area contributed by atoms with Crippen LogP contribution in [0, 0.1) is 0 Å². The van der Waals surface area contributed by atoms with E-state index in [1.807, 2.05) is 18.2 Å². The molecule has 106 valence electrons. The lowest BCUT2D eigenvalue weighted by Gasteiger charge is -2.26. The van der Waals surface area contributed by atoms with E-state index in [0.717, 1.165) is 42.3 Å². The van der Waals surface area contributed by atoms with E-state index in [4.69, 9.17) is 4.74 Å². The normalized spacial score (nSPS) is 22.7. The van der Waals surface area contributed by atoms with Crippen LogP contribution in [0.25, 0.3) is 10.9 Å². The molecule has 5 nitrogen and oxygen atoms in total. The lowest BCUT2D eigenvalue weighted by Crippen LogP contribution is -2.26. The molecule has 2 aromatic rings. The van der Waals surface area contributed by atoms with Crippen LogP contribution in [0.4, 0.5) is 5.95 Å². The first-order chi connectivity index (χ1) is 9.76. The number of fused-ring (bicyclic) bond motifs is 1. The van der Waals surface area contributed by atoms with Crippen LogP contribution in [0.1, 0.15) is 25.7 Å². The van der Waals surface area contributed by atoms with Crippen LogP contribution in [0.15, 0.2) is 24.4 Å². The summed E-state index contributed by atoms with van der Waals surface area (Å²) in [6.45, 7) is 0. The first-order valence-electron chi connectivity index (χ1n) is 7.04. The number of nitrogens with one attached hydrogen (secondary N) is 1. The fourth-order valence-electron chi connectivity index (χ4n) is 2.59. The minimum absolute atomic E-state index is 0.164. The molecule has 1 aliphatic rings. The number of aliphatic hydroxyl groups is 1. The number of anilines is 1. The summed E-state index contributed by atoms with van der Waals surface area (Å²) in [5.74, 6) is 1.38. The average molecular weight is 273 g/mol. The summed E-state index contributed by atoms with van der Waals surface area (Å²) in [5, 5.41) is 13.5. The van der Waals surface area contributed by atoms with Crippen molar-refractivity contribution in [3.8, 4) is 5.75 Å². The Morgan fingerprint density at radius 2 is 2.05 bits per heavy atom. The molecule has 1 saturated carbocycles. The van der Waals surface area contributed by atoms with Gasteiger partial charge in [0.2, 0.25) is 5.95 Å². The standard InChI is InChI=1S/C15H19N3O2/c1-16-15-17-9-10-3-2-4-13(14(10)18-15)20-12-7-5-11(19)6-8-12/h2-4,9,11-12,19H,5-8H2,1H3,(H,16,17,18). The van der Waals surface area contributed by atoms with Crippen LogP contribution in [-0.4, -0.2) is 34.3 Å². The van der Waals surface area contributed by atoms with E-state index in [2.05, 4.69) is 15.3 Å². The predicted octanol–water partition coefficient (Wildman–Crippen LogP) is 2.35. The molecule has 2 N–H and O–H groups in total. The van der Waals surface area contributed by atoms with Gasteiger partial charge >= 0.3 is 0 Å². The van der Waals surface area contributed by atoms with Crippen LogP contribution < -0.4 is 10.1 Å². The molecule has 1 aromatic carbocycles. The topological polar surface area (TPSA) is 67.3 Å². The maximum Gasteiger partial charge on any atom is 0.223 e. The number of para-hydroxylation sites is 1. The van der Waals surface area contributed by atoms with Crippen molar-refractivity contribution in [3.63, 3.8) is 0 Å². The molecule has 0 spiro atoms. The summed E-state index contributed by atoms with van der Waals surface area (Å²) >= 11 is 0. The Kier molecular flexibility index (Phi) is 3.69. The third kappa shape index (κ3) is 2.67. The minimum atomic E-state index is -0.166. The fraction of sp³-hybridized carbons (Fsp3) is 0.467. The van der Waals surface area contributed by atoms with Gasteiger partial charge in [-0.25, -0.2) is 9.97 Å². The van der Waals surface area contributed by atoms with Gasteiger partial charge in [0.15, 0.2) is 0 Å². The van der Waals surface area contributed by atoms with Gasteiger partial charge in [-0.15, -0.1) is 0 Å². The maximum atomic E-state index is 9.55. The van der Waals surface area contributed by atoms with Crippen LogP contribution in [0.3, 0.4) is 0 Å². The molecule has 5 heteroatoms. The summed E-state index contributed by atoms with van der Waals surface area (Å²) in [5.41, 5.74) is 0.831. The summed E-state index contributed by atoms with van der Waals surface area (Å²) < 4.78 is 6.09. The van der Waals surface area contributed by atoms with Crippen molar-refractivity contribution >= 4 is 16.9 Å². The van der Waals surface area contributed by atoms with Crippen LogP contribution in [0.2, 0.25) is 0 Å². The van der Waals surface area contributed by atoms with Crippen molar-refractivity contribution in [3.05, 3.63) is 24.4 Å². The van der Waals surface area contributed by atoms with Crippen molar-refractivity contribution in [2.24, 2.45) is 0 Å². The van der Waals surface area contributed by atoms with Gasteiger partial charge in [0.05, 0.1) is 12.2 Å². The molecule has 0 radical (unpaired) electrons. The van der Waals surface area contributed by atoms with Crippen LogP contribution >= 0.6 is 0 Å². The molecule has 0 amide bonds. The van der Waals surface area contributed by atoms with Gasteiger partial charge in [0.25, 0.3) is 0 Å². The van der Waals surface area contributed by atoms with E-state index in [-0.39, 0.29) is 12.2 Å². The monoisotopic (exact) mass is 273 g/mol. The van der Waals surface area contributed by atoms with Gasteiger partial charge in [-0.3, -0.25) is 0 Å². The van der Waals surface area contributed by atoms with Gasteiger partial charge in [-0.2, -0.15) is 0 Å². The van der Waals surface area contributed by atoms with E-state index in [1.165, 1.54) is 0 Å². The highest BCUT2D eigenvalue weighted by Gasteiger charge is 2.21. The summed E-state index contributed by atoms with van der Waals surface area (Å²) in [6.07, 6.45) is 5.20. The summed E-state index contributed by atoms with van der Waals surface area (Å²) in [4.78, 5) is 8.69. The van der Waals surface area contributed by atoms with E-state index in [9.17, 15) is 5.11 Å². The third-order valence-corrected chi connectivity index (χ3v) is 3.73. The smallest absolute Gasteiger partial charge is 0.223 e. The van der Waals surface area contributed by atoms with E-state index in [1.54, 1.807) is 13.2 Å². The number of hydrogen-bond acceptors (Lipinski definition) is 5. The second kappa shape index (κ2) is 5.63. The highest BCUT2D eigenvalue weighted by atomic mass is 16.5. The van der Waals surface area contributed by atoms with Gasteiger partial charge < -0.3 is 15.2 Å². The van der Waals surface area contributed by atoms with Crippen molar-refractivity contribution in [1.82, 2.24) is 9.97 Å². The highest BCUT2D eigenvalue weighted by Crippen LogP contribution is 2.28. The van der Waals surface area contributed by atoms with E-state index >= 15 is 0 Å². The molecule has 20 heavy (non-hydrogen) atoms. The molecule has 0 aliphatic heterocycles. The summed E-state index contributed by atoms with van der Waals surface area (Å²) in [6, 6.07) is 5.88. The minimum Gasteiger partial charge on any atom is -0.488 e. The van der Waals surface area contributed by atoms with Crippen molar-refractivity contribution in [1.29, 1.82) is 0 Å². The Morgan fingerprint density at radius 3 is 2.80 bits per heavy atom. The number of aromatic nitrogens is 2. The molecule has 1 heterocycles. The largest absolute Gasteiger partial charge is 0.488 e. The Labute approximate surface area is 118 Å². The quantitative estimate of drug-likeness (QED) is 0.898. The fourth-order valence-corrected chi connectivity index (χ4v) is 2.59. The number of nitrogens with zero attached hydrogens (tertiary/aromatic N) is 2. The third-order valence-electron chi connectivity index (χ3n) is 3.73. The number of ether oxygens (including phenoxy) is 1. The Morgan fingerprint density at radius 1 is 1.25 bits per heavy atom. The molecule has 0 bridgehead atoms. The maximum absolute atomic E-state index is 9.55. The molecule has 0 unspecified atom stereocenters. The Bertz CT molecular complexity index is 595. The summed E-state index contributed by atoms with van der Waals surface area (Å²) in [7, 11) is 1.80. The van der Waals surface area contributed by atoms with Crippen molar-refractivity contribution in [2.45, 2.75) is 37.9 Å². The zero-order chi connectivity index (χ0) is 13.9. The van der Waals surface area contributed by atoms with Crippen molar-refractivity contribution < 1.29 is 9.84 Å². The molecule has 1 fully saturated rings. The zero-order valence-corrected chi connectivity index (χ0v) is 11.5. The van der Waals surface area contributed by atoms with Gasteiger partial charge in [0.1, 0.15) is 11.3 Å². The van der Waals surface area contributed by atoms with Gasteiger partial charge in [-0.1, -0.05) is 12.1 Å². The lowest BCUT2D eigenvalue weighted by atomic mass is 9.95. The van der Waals surface area contributed by atoms with Gasteiger partial charge in [0, 0.05) is 18.6 Å². The van der Waals surface area contributed by atoms with Crippen LogP contribution in [0.5, 0.6) is 5.75 Å². The molecular weight excluding hydrogens is 254 g/mol. The van der Waals surface area contributed by atoms with Crippen LogP contribution in [-0.2, 0) is 0 Å². The first kappa shape index (κ1) is 13.1. The molecule has 0 atom stereocenters. The molecule has 3 rings (SSSR count). The SMILES string of the molecule is CNc1ncc2cccc(OC3CCC(O)CC3)c2n1. The first-order valence-corrected chi connectivity index (χ1v) is 7.04. The van der Waals surface area contributed by atoms with Crippen molar-refractivity contribution in [2.75, 3.05) is 12.4 Å². The Hall–Kier alpha value is -1.88. The van der Waals surface area contributed by atoms with E-state index < -0.39 is 0 Å². The predicted molar refractivity (Wildman–Crippen MR) is 78.0 cm³/mol. The highest BCUT2D eigenvalue weighted by molar-refractivity contribution is 5.84. The zero-order valence-electron chi connectivity index (χ0n) is 11.5. The average Bonchev–Trinajstić information content (AvgIpc) is 2.49.